The number of unbranched alkanes of at least 4 members (excludes halogenated alkanes) is 36. The van der Waals surface area contributed by atoms with Gasteiger partial charge in [-0.2, -0.15) is 0 Å². The number of hydrogen-bond acceptors (Lipinski definition) is 19. The monoisotopic (exact) mass is 1400 g/mol. The molecule has 1 unspecified atom stereocenters. The third-order valence-electron chi connectivity index (χ3n) is 18.0. The van der Waals surface area contributed by atoms with Crippen LogP contribution in [0.4, 0.5) is 0 Å². The van der Waals surface area contributed by atoms with Crippen molar-refractivity contribution in [2.24, 2.45) is 5.73 Å². The van der Waals surface area contributed by atoms with E-state index in [-0.39, 0.29) is 25.9 Å². The van der Waals surface area contributed by atoms with Crippen LogP contribution in [0.1, 0.15) is 310 Å². The van der Waals surface area contributed by atoms with E-state index >= 15 is 0 Å². The molecule has 0 aromatic heterocycles. The Balaban J connectivity index is 2.24. The van der Waals surface area contributed by atoms with E-state index in [0.29, 0.717) is 38.5 Å². The first-order chi connectivity index (χ1) is 45.8. The number of nitrogens with one attached hydrogen (secondary N) is 2. The number of hydrogen-bond donors (Lipinski definition) is 11. The van der Waals surface area contributed by atoms with Gasteiger partial charge in [0.15, 0.2) is 12.6 Å². The second kappa shape index (κ2) is 56.8. The number of esters is 1. The minimum absolute atomic E-state index is 0.0210. The fourth-order valence-electron chi connectivity index (χ4n) is 12.3. The van der Waals surface area contributed by atoms with Crippen LogP contribution in [0.15, 0.2) is 0 Å². The molecule has 2 amide bonds. The maximum atomic E-state index is 14.2. The maximum absolute atomic E-state index is 14.2. The average Bonchev–Trinajstić information content (AvgIpc) is 0.797. The Bertz CT molecular complexity index is 1980. The van der Waals surface area contributed by atoms with Gasteiger partial charge in [-0.15, -0.1) is 0 Å². The Hall–Kier alpha value is -1.77. The number of carbonyl (C=O) groups is 3. The molecule has 13 atom stereocenters. The fraction of sp³-hybridized carbons (Fsp3) is 0.957. The molecular weight excluding hydrogens is 1270 g/mol. The van der Waals surface area contributed by atoms with E-state index in [0.717, 1.165) is 129 Å². The highest BCUT2D eigenvalue weighted by molar-refractivity contribution is 7.47. The average molecular weight is 1400 g/mol. The van der Waals surface area contributed by atoms with E-state index < -0.39 is 133 Å². The Morgan fingerprint density at radius 2 is 0.895 bits per heavy atom. The van der Waals surface area contributed by atoms with E-state index in [1.165, 1.54) is 109 Å². The number of amides is 2. The van der Waals surface area contributed by atoms with Crippen LogP contribution >= 0.6 is 15.6 Å². The minimum atomic E-state index is -5.38. The van der Waals surface area contributed by atoms with Gasteiger partial charge in [-0.3, -0.25) is 28.0 Å². The van der Waals surface area contributed by atoms with E-state index in [1.54, 1.807) is 0 Å². The van der Waals surface area contributed by atoms with Crippen LogP contribution in [-0.4, -0.2) is 171 Å². The van der Waals surface area contributed by atoms with Gasteiger partial charge in [-0.25, -0.2) is 9.13 Å². The highest BCUT2D eigenvalue weighted by atomic mass is 31.2. The minimum Gasteiger partial charge on any atom is -0.462 e. The first-order valence-electron chi connectivity index (χ1n) is 37.5. The lowest BCUT2D eigenvalue weighted by Gasteiger charge is -2.45. The molecule has 562 valence electrons. The molecule has 0 aromatic carbocycles. The zero-order valence-corrected chi connectivity index (χ0v) is 60.6. The van der Waals surface area contributed by atoms with Gasteiger partial charge in [0.25, 0.3) is 0 Å². The summed E-state index contributed by atoms with van der Waals surface area (Å²) >= 11 is 0. The van der Waals surface area contributed by atoms with Gasteiger partial charge >= 0.3 is 21.6 Å². The predicted molar refractivity (Wildman–Crippen MR) is 367 cm³/mol. The number of nitrogens with two attached hydrogens (primary N) is 1. The molecular formula is C69H135N3O21P2. The zero-order valence-electron chi connectivity index (χ0n) is 58.8. The third kappa shape index (κ3) is 45.0. The van der Waals surface area contributed by atoms with Crippen LogP contribution < -0.4 is 16.4 Å². The van der Waals surface area contributed by atoms with Crippen molar-refractivity contribution >= 4 is 33.4 Å². The van der Waals surface area contributed by atoms with Gasteiger partial charge in [0, 0.05) is 6.42 Å². The van der Waals surface area contributed by atoms with Crippen molar-refractivity contribution in [1.82, 2.24) is 10.6 Å². The Labute approximate surface area is 571 Å². The largest absolute Gasteiger partial charge is 0.472 e. The lowest BCUT2D eigenvalue weighted by Crippen LogP contribution is -2.67. The van der Waals surface area contributed by atoms with Crippen molar-refractivity contribution in [3.63, 3.8) is 0 Å². The van der Waals surface area contributed by atoms with Crippen LogP contribution in [0.3, 0.4) is 0 Å². The van der Waals surface area contributed by atoms with Crippen molar-refractivity contribution in [3.8, 4) is 0 Å². The molecule has 0 aliphatic carbocycles. The molecule has 0 bridgehead atoms. The van der Waals surface area contributed by atoms with Crippen LogP contribution in [-0.2, 0) is 60.8 Å². The van der Waals surface area contributed by atoms with E-state index in [9.17, 15) is 63.7 Å². The summed E-state index contributed by atoms with van der Waals surface area (Å²) in [5.74, 6) is -1.92. The van der Waals surface area contributed by atoms with E-state index in [4.69, 9.17) is 43.0 Å². The van der Waals surface area contributed by atoms with Gasteiger partial charge < -0.3 is 80.3 Å². The van der Waals surface area contributed by atoms with Gasteiger partial charge in [-0.05, 0) is 45.1 Å². The second-order valence-electron chi connectivity index (χ2n) is 26.7. The van der Waals surface area contributed by atoms with Crippen LogP contribution in [0.25, 0.3) is 0 Å². The third-order valence-corrected chi connectivity index (χ3v) is 19.5. The lowest BCUT2D eigenvalue weighted by atomic mass is 9.95. The zero-order chi connectivity index (χ0) is 69.8. The number of carbonyl (C=O) groups excluding carboxylic acids is 3. The van der Waals surface area contributed by atoms with Crippen molar-refractivity contribution in [2.75, 3.05) is 39.6 Å². The highest BCUT2D eigenvalue weighted by Gasteiger charge is 2.51. The smallest absolute Gasteiger partial charge is 0.462 e. The summed E-state index contributed by atoms with van der Waals surface area (Å²) in [6, 6.07) is -3.19. The fourth-order valence-corrected chi connectivity index (χ4v) is 13.7. The summed E-state index contributed by atoms with van der Waals surface area (Å²) in [5.41, 5.74) is 5.58. The molecule has 26 heteroatoms. The van der Waals surface area contributed by atoms with Gasteiger partial charge in [0.05, 0.1) is 52.0 Å². The Morgan fingerprint density at radius 3 is 1.38 bits per heavy atom. The Morgan fingerprint density at radius 1 is 0.484 bits per heavy atom. The predicted octanol–water partition coefficient (Wildman–Crippen LogP) is 12.0. The van der Waals surface area contributed by atoms with E-state index in [1.807, 2.05) is 0 Å². The number of aliphatic hydroxyl groups is 5. The molecule has 2 aliphatic rings. The highest BCUT2D eigenvalue weighted by Crippen LogP contribution is 2.44. The summed E-state index contributed by atoms with van der Waals surface area (Å²) in [6.07, 6.45) is 26.6. The molecule has 0 saturated carbocycles. The molecule has 2 fully saturated rings. The number of aliphatic hydroxyl groups excluding tert-OH is 5. The van der Waals surface area contributed by atoms with Crippen LogP contribution in [0, 0.1) is 0 Å². The molecule has 0 spiro atoms. The van der Waals surface area contributed by atoms with Crippen molar-refractivity contribution in [1.29, 1.82) is 0 Å². The standard InChI is InChI=1S/C69H135N3O21P2/c1-4-7-10-13-16-24-29-34-39-44-55(74)51-59(75)71-62-65(79)64(78)58(92-68(62)86-49-50-89-95(84,85)88-48-43-38-33-28-23-21-19-20-22-27-32-37-42-47-70)54-87-69-63(66(80)67(57(53-73)91-69)93-94(81,82)83)72-60(76)52-56(45-40-35-30-25-17-14-11-8-5-2)90-61(77)46-41-36-31-26-18-15-12-9-6-3/h55-58,62-69,73-74,78-80H,4-54,70H2,1-3H3,(H,71,75)(H,72,76)(H,84,85)(H2,81,82,83)/t55-,56-,57-,58-,62-,63-,64-,65-,66-,67-,68+,69-/m1/s1. The first kappa shape index (κ1) is 89.3. The van der Waals surface area contributed by atoms with Crippen molar-refractivity contribution in [3.05, 3.63) is 0 Å². The summed E-state index contributed by atoms with van der Waals surface area (Å²) in [6.45, 7) is 4.60. The van der Waals surface area contributed by atoms with Crippen molar-refractivity contribution < 1.29 is 101 Å². The molecule has 95 heavy (non-hydrogen) atoms. The molecule has 0 radical (unpaired) electrons. The van der Waals surface area contributed by atoms with Crippen LogP contribution in [0.2, 0.25) is 0 Å². The molecule has 0 aromatic rings. The molecule has 2 heterocycles. The quantitative estimate of drug-likeness (QED) is 0.0153. The summed E-state index contributed by atoms with van der Waals surface area (Å²) in [5, 5.41) is 61.6. The topological polar surface area (TPSA) is 371 Å². The normalized spacial score (nSPS) is 22.9. The van der Waals surface area contributed by atoms with Crippen LogP contribution in [0.5, 0.6) is 0 Å². The van der Waals surface area contributed by atoms with Gasteiger partial charge in [0.1, 0.15) is 54.8 Å². The number of phosphoric acid groups is 2. The lowest BCUT2D eigenvalue weighted by molar-refractivity contribution is -0.303. The maximum Gasteiger partial charge on any atom is 0.472 e. The summed E-state index contributed by atoms with van der Waals surface area (Å²) < 4.78 is 70.5. The SMILES string of the molecule is CCCCCCCCCCCC(=O)O[C@H](CCCCCCCCCCC)CC(=O)N[C@H]1[C@H](OC[C@H]2O[C@H](OCCOP(=O)(O)OCCCCCCCCCCCCCCCN)[C@H](NC(=O)C[C@H](O)CCCCCCCCCCC)[C@@H](O)[C@@H]2O)O[C@H](CO)[C@@H](OP(=O)(O)O)[C@@H]1O. The number of phosphoric ester groups is 2. The molecule has 12 N–H and O–H groups in total. The summed E-state index contributed by atoms with van der Waals surface area (Å²) in [4.78, 5) is 71.2. The molecule has 2 rings (SSSR count). The van der Waals surface area contributed by atoms with Crippen molar-refractivity contribution in [2.45, 2.75) is 383 Å². The molecule has 2 aliphatic heterocycles. The number of rotatable bonds is 64. The second-order valence-corrected chi connectivity index (χ2v) is 29.3. The summed E-state index contributed by atoms with van der Waals surface area (Å²) in [7, 11) is -9.94. The molecule has 2 saturated heterocycles. The van der Waals surface area contributed by atoms with Gasteiger partial charge in [-0.1, -0.05) is 252 Å². The Kier molecular flexibility index (Phi) is 53.4. The number of ether oxygens (including phenoxy) is 5. The van der Waals surface area contributed by atoms with E-state index in [2.05, 4.69) is 31.4 Å². The van der Waals surface area contributed by atoms with Gasteiger partial charge in [0.2, 0.25) is 11.8 Å². The first-order valence-corrected chi connectivity index (χ1v) is 40.5. The molecule has 24 nitrogen and oxygen atoms in total.